The molecule has 0 aliphatic rings. The van der Waals surface area contributed by atoms with Crippen molar-refractivity contribution >= 4 is 11.6 Å². The van der Waals surface area contributed by atoms with Gasteiger partial charge in [-0.15, -0.1) is 0 Å². The van der Waals surface area contributed by atoms with E-state index in [2.05, 4.69) is 5.32 Å². The molecule has 0 saturated heterocycles. The van der Waals surface area contributed by atoms with Gasteiger partial charge in [-0.2, -0.15) is 4.39 Å². The minimum Gasteiger partial charge on any atom is -0.394 e. The van der Waals surface area contributed by atoms with Crippen LogP contribution in [0.25, 0.3) is 0 Å². The molecule has 0 bridgehead atoms. The first-order valence-corrected chi connectivity index (χ1v) is 4.96. The minimum atomic E-state index is -1.13. The van der Waals surface area contributed by atoms with Gasteiger partial charge in [0.05, 0.1) is 24.2 Å². The molecule has 0 aliphatic carbocycles. The molecule has 0 fully saturated rings. The third-order valence-electron chi connectivity index (χ3n) is 2.18. The lowest BCUT2D eigenvalue weighted by Crippen LogP contribution is -2.40. The number of amides is 1. The normalized spacial score (nSPS) is 10.4. The fraction of sp³-hybridized carbons (Fsp3) is 0.300. The predicted molar refractivity (Wildman–Crippen MR) is 58.5 cm³/mol. The summed E-state index contributed by atoms with van der Waals surface area (Å²) in [7, 11) is 0. The maximum atomic E-state index is 13.2. The van der Waals surface area contributed by atoms with Gasteiger partial charge in [0, 0.05) is 11.6 Å². The first kappa shape index (κ1) is 14.0. The highest BCUT2D eigenvalue weighted by atomic mass is 19.1. The lowest BCUT2D eigenvalue weighted by atomic mass is 10.1. The smallest absolute Gasteiger partial charge is 0.304 e. The Morgan fingerprint density at radius 3 is 2.50 bits per heavy atom. The molecule has 18 heavy (non-hydrogen) atoms. The second kappa shape index (κ2) is 6.03. The Kier molecular flexibility index (Phi) is 4.69. The number of aliphatic hydroxyl groups is 2. The van der Waals surface area contributed by atoms with E-state index in [9.17, 15) is 19.3 Å². The summed E-state index contributed by atoms with van der Waals surface area (Å²) in [6.07, 6.45) is 0. The quantitative estimate of drug-likeness (QED) is 0.500. The largest absolute Gasteiger partial charge is 0.394 e. The van der Waals surface area contributed by atoms with Crippen molar-refractivity contribution in [3.63, 3.8) is 0 Å². The van der Waals surface area contributed by atoms with E-state index in [0.717, 1.165) is 18.2 Å². The fourth-order valence-electron chi connectivity index (χ4n) is 1.21. The van der Waals surface area contributed by atoms with E-state index in [1.54, 1.807) is 0 Å². The van der Waals surface area contributed by atoms with Crippen LogP contribution in [0.2, 0.25) is 0 Å². The highest BCUT2D eigenvalue weighted by molar-refractivity contribution is 5.94. The molecule has 8 heteroatoms. The molecule has 0 saturated carbocycles. The summed E-state index contributed by atoms with van der Waals surface area (Å²) in [5.41, 5.74) is -0.864. The van der Waals surface area contributed by atoms with Crippen molar-refractivity contribution < 1.29 is 24.3 Å². The van der Waals surface area contributed by atoms with Crippen molar-refractivity contribution in [2.24, 2.45) is 0 Å². The number of nitrogens with one attached hydrogen (secondary N) is 1. The van der Waals surface area contributed by atoms with E-state index in [0.29, 0.717) is 0 Å². The average Bonchev–Trinajstić information content (AvgIpc) is 2.34. The summed E-state index contributed by atoms with van der Waals surface area (Å²) in [6.45, 7) is -0.949. The summed E-state index contributed by atoms with van der Waals surface area (Å²) in [5, 5.41) is 30.1. The maximum Gasteiger partial charge on any atom is 0.304 e. The number of nitro benzene ring substituents is 1. The molecule has 0 unspecified atom stereocenters. The van der Waals surface area contributed by atoms with Gasteiger partial charge < -0.3 is 15.5 Å². The molecule has 0 radical (unpaired) electrons. The molecule has 98 valence electrons. The highest BCUT2D eigenvalue weighted by Crippen LogP contribution is 2.17. The second-order valence-corrected chi connectivity index (χ2v) is 3.46. The van der Waals surface area contributed by atoms with Gasteiger partial charge in [0.15, 0.2) is 0 Å². The second-order valence-electron chi connectivity index (χ2n) is 3.46. The van der Waals surface area contributed by atoms with Gasteiger partial charge in [-0.1, -0.05) is 0 Å². The molecule has 3 N–H and O–H groups in total. The van der Waals surface area contributed by atoms with E-state index >= 15 is 0 Å². The van der Waals surface area contributed by atoms with Crippen LogP contribution in [0.3, 0.4) is 0 Å². The van der Waals surface area contributed by atoms with Crippen LogP contribution in [0.1, 0.15) is 10.4 Å². The molecule has 1 aromatic carbocycles. The van der Waals surface area contributed by atoms with Gasteiger partial charge >= 0.3 is 5.69 Å². The van der Waals surface area contributed by atoms with E-state index < -0.39 is 41.6 Å². The third kappa shape index (κ3) is 3.22. The number of hydrogen-bond donors (Lipinski definition) is 3. The van der Waals surface area contributed by atoms with E-state index in [1.165, 1.54) is 0 Å². The van der Waals surface area contributed by atoms with Crippen molar-refractivity contribution in [1.29, 1.82) is 0 Å². The zero-order chi connectivity index (χ0) is 13.7. The molecule has 0 spiro atoms. The summed E-state index contributed by atoms with van der Waals surface area (Å²) >= 11 is 0. The number of rotatable bonds is 5. The molecular formula is C10H11FN2O5. The Morgan fingerprint density at radius 2 is 2.06 bits per heavy atom. The van der Waals surface area contributed by atoms with Crippen LogP contribution >= 0.6 is 0 Å². The number of halogens is 1. The topological polar surface area (TPSA) is 113 Å². The van der Waals surface area contributed by atoms with Gasteiger partial charge in [0.1, 0.15) is 0 Å². The first-order valence-electron chi connectivity index (χ1n) is 4.96. The number of aliphatic hydroxyl groups excluding tert-OH is 2. The molecule has 0 aromatic heterocycles. The van der Waals surface area contributed by atoms with E-state index in [1.807, 2.05) is 0 Å². The molecule has 0 heterocycles. The molecule has 1 aromatic rings. The molecule has 0 aliphatic heterocycles. The first-order chi connectivity index (χ1) is 8.49. The van der Waals surface area contributed by atoms with Gasteiger partial charge in [-0.05, 0) is 12.1 Å². The minimum absolute atomic E-state index is 0.134. The van der Waals surface area contributed by atoms with Gasteiger partial charge in [0.25, 0.3) is 5.91 Å². The van der Waals surface area contributed by atoms with E-state index in [4.69, 9.17) is 10.2 Å². The van der Waals surface area contributed by atoms with Crippen LogP contribution in [-0.2, 0) is 0 Å². The van der Waals surface area contributed by atoms with Gasteiger partial charge in [0.2, 0.25) is 5.82 Å². The van der Waals surface area contributed by atoms with Crippen LogP contribution in [-0.4, -0.2) is 40.3 Å². The molecular weight excluding hydrogens is 247 g/mol. The van der Waals surface area contributed by atoms with Crippen molar-refractivity contribution in [1.82, 2.24) is 5.32 Å². The van der Waals surface area contributed by atoms with Gasteiger partial charge in [-0.3, -0.25) is 14.9 Å². The number of carbonyl (C=O) groups excluding carboxylic acids is 1. The Bertz CT molecular complexity index is 462. The zero-order valence-corrected chi connectivity index (χ0v) is 9.17. The number of hydrogen-bond acceptors (Lipinski definition) is 5. The van der Waals surface area contributed by atoms with Crippen molar-refractivity contribution in [2.75, 3.05) is 13.2 Å². The number of benzene rings is 1. The third-order valence-corrected chi connectivity index (χ3v) is 2.18. The summed E-state index contributed by atoms with van der Waals surface area (Å²) in [6, 6.07) is 1.81. The Hall–Kier alpha value is -2.06. The fourth-order valence-corrected chi connectivity index (χ4v) is 1.21. The summed E-state index contributed by atoms with van der Waals surface area (Å²) in [4.78, 5) is 21.0. The molecule has 7 nitrogen and oxygen atoms in total. The summed E-state index contributed by atoms with van der Waals surface area (Å²) in [5.74, 6) is -1.87. The Balaban J connectivity index is 2.88. The van der Waals surface area contributed by atoms with Crippen molar-refractivity contribution in [2.45, 2.75) is 6.04 Å². The molecule has 0 atom stereocenters. The zero-order valence-electron chi connectivity index (χ0n) is 9.17. The maximum absolute atomic E-state index is 13.2. The van der Waals surface area contributed by atoms with Crippen LogP contribution in [0.15, 0.2) is 18.2 Å². The molecule has 1 amide bonds. The SMILES string of the molecule is O=C(NC(CO)CO)c1ccc([N+](=O)[O-])c(F)c1. The number of nitrogens with zero attached hydrogens (tertiary/aromatic N) is 1. The highest BCUT2D eigenvalue weighted by Gasteiger charge is 2.18. The number of carbonyl (C=O) groups is 1. The Labute approximate surface area is 101 Å². The molecule has 1 rings (SSSR count). The standard InChI is InChI=1S/C10H11FN2O5/c11-8-3-6(1-2-9(8)13(17)18)10(16)12-7(4-14)5-15/h1-3,7,14-15H,4-5H2,(H,12,16). The van der Waals surface area contributed by atoms with Crippen molar-refractivity contribution in [3.8, 4) is 0 Å². The lowest BCUT2D eigenvalue weighted by molar-refractivity contribution is -0.387. The van der Waals surface area contributed by atoms with E-state index in [-0.39, 0.29) is 5.56 Å². The van der Waals surface area contributed by atoms with Crippen LogP contribution in [0.4, 0.5) is 10.1 Å². The lowest BCUT2D eigenvalue weighted by Gasteiger charge is -2.13. The van der Waals surface area contributed by atoms with Crippen LogP contribution < -0.4 is 5.32 Å². The average molecular weight is 258 g/mol. The Morgan fingerprint density at radius 1 is 1.44 bits per heavy atom. The van der Waals surface area contributed by atoms with Crippen LogP contribution in [0, 0.1) is 15.9 Å². The predicted octanol–water partition coefficient (Wildman–Crippen LogP) is -0.183. The number of nitro groups is 1. The van der Waals surface area contributed by atoms with Crippen molar-refractivity contribution in [3.05, 3.63) is 39.7 Å². The van der Waals surface area contributed by atoms with Gasteiger partial charge in [-0.25, -0.2) is 0 Å². The monoisotopic (exact) mass is 258 g/mol. The van der Waals surface area contributed by atoms with Crippen LogP contribution in [0.5, 0.6) is 0 Å². The summed E-state index contributed by atoms with van der Waals surface area (Å²) < 4.78 is 13.2.